The van der Waals surface area contributed by atoms with E-state index in [9.17, 15) is 9.90 Å². The molecule has 1 fully saturated rings. The van der Waals surface area contributed by atoms with Crippen LogP contribution < -0.4 is 0 Å². The van der Waals surface area contributed by atoms with Crippen molar-refractivity contribution in [3.8, 4) is 0 Å². The van der Waals surface area contributed by atoms with E-state index in [4.69, 9.17) is 9.47 Å². The van der Waals surface area contributed by atoms with Crippen LogP contribution in [0, 0.1) is 6.92 Å². The number of hydrogen-bond acceptors (Lipinski definition) is 5. The van der Waals surface area contributed by atoms with Gasteiger partial charge >= 0.3 is 0 Å². The van der Waals surface area contributed by atoms with Crippen molar-refractivity contribution in [3.05, 3.63) is 41.8 Å². The zero-order valence-electron chi connectivity index (χ0n) is 14.4. The number of carbonyl (C=O) groups is 1. The first-order valence-corrected chi connectivity index (χ1v) is 8.36. The molecule has 1 saturated heterocycles. The molecule has 1 radical (unpaired) electrons. The van der Waals surface area contributed by atoms with Crippen LogP contribution in [0.4, 0.5) is 0 Å². The topological polar surface area (TPSA) is 62.2 Å². The molecule has 1 aliphatic heterocycles. The smallest absolute Gasteiger partial charge is 0.268 e. The van der Waals surface area contributed by atoms with Gasteiger partial charge in [-0.15, -0.1) is 0 Å². The summed E-state index contributed by atoms with van der Waals surface area (Å²) in [6.45, 7) is 7.47. The monoisotopic (exact) mass is 335 g/mol. The van der Waals surface area contributed by atoms with Gasteiger partial charge in [0, 0.05) is 32.3 Å². The summed E-state index contributed by atoms with van der Waals surface area (Å²) in [4.78, 5) is 13.0. The Kier molecular flexibility index (Phi) is 7.65. The van der Waals surface area contributed by atoms with Gasteiger partial charge in [-0.25, -0.2) is 5.01 Å². The van der Waals surface area contributed by atoms with Crippen molar-refractivity contribution >= 4 is 5.91 Å². The highest BCUT2D eigenvalue weighted by atomic mass is 16.5. The number of amides is 1. The Morgan fingerprint density at radius 1 is 1.42 bits per heavy atom. The third-order valence-electron chi connectivity index (χ3n) is 4.10. The SMILES string of the molecule is [CH2]CCN(C(=O)c1ccc(CCOC)cc1CO)N1CCOCC1. The van der Waals surface area contributed by atoms with E-state index in [0.29, 0.717) is 57.0 Å². The standard InChI is InChI=1S/C18H27N2O4/c1-3-7-20(19-8-11-24-12-9-19)18(22)17-5-4-15(6-10-23-2)13-16(17)14-21/h4-5,13,21H,1,3,6-12,14H2,2H3. The molecular formula is C18H27N2O4. The first-order chi connectivity index (χ1) is 11.7. The van der Waals surface area contributed by atoms with E-state index in [2.05, 4.69) is 6.92 Å². The Balaban J connectivity index is 2.21. The van der Waals surface area contributed by atoms with Gasteiger partial charge in [-0.05, 0) is 30.0 Å². The highest BCUT2D eigenvalue weighted by molar-refractivity contribution is 5.95. The number of rotatable bonds is 8. The first kappa shape index (κ1) is 18.9. The van der Waals surface area contributed by atoms with Gasteiger partial charge in [-0.3, -0.25) is 9.80 Å². The fraction of sp³-hybridized carbons (Fsp3) is 0.556. The molecule has 133 valence electrons. The van der Waals surface area contributed by atoms with E-state index < -0.39 is 0 Å². The molecule has 0 bridgehead atoms. The number of morpholine rings is 1. The van der Waals surface area contributed by atoms with Crippen LogP contribution in [0.5, 0.6) is 0 Å². The third kappa shape index (κ3) is 4.77. The lowest BCUT2D eigenvalue weighted by atomic mass is 10.0. The molecule has 0 saturated carbocycles. The maximum absolute atomic E-state index is 13.0. The molecule has 1 heterocycles. The normalized spacial score (nSPS) is 15.5. The summed E-state index contributed by atoms with van der Waals surface area (Å²) in [5.74, 6) is -0.0945. The Bertz CT molecular complexity index is 530. The fourth-order valence-corrected chi connectivity index (χ4v) is 2.82. The third-order valence-corrected chi connectivity index (χ3v) is 4.10. The number of hydrogen-bond donors (Lipinski definition) is 1. The Morgan fingerprint density at radius 2 is 2.17 bits per heavy atom. The predicted octanol–water partition coefficient (Wildman–Crippen LogP) is 1.28. The highest BCUT2D eigenvalue weighted by Gasteiger charge is 2.25. The number of methoxy groups -OCH3 is 1. The van der Waals surface area contributed by atoms with E-state index in [0.717, 1.165) is 12.0 Å². The van der Waals surface area contributed by atoms with Crippen LogP contribution >= 0.6 is 0 Å². The minimum absolute atomic E-state index is 0.0945. The molecular weight excluding hydrogens is 308 g/mol. The molecule has 0 atom stereocenters. The molecule has 1 aliphatic rings. The zero-order valence-corrected chi connectivity index (χ0v) is 14.4. The van der Waals surface area contributed by atoms with E-state index in [1.165, 1.54) is 0 Å². The minimum atomic E-state index is -0.163. The number of nitrogens with zero attached hydrogens (tertiary/aromatic N) is 2. The van der Waals surface area contributed by atoms with E-state index in [1.807, 2.05) is 17.1 Å². The number of aliphatic hydroxyl groups excluding tert-OH is 1. The summed E-state index contributed by atoms with van der Waals surface area (Å²) in [7, 11) is 1.66. The number of benzene rings is 1. The molecule has 0 aliphatic carbocycles. The zero-order chi connectivity index (χ0) is 17.4. The molecule has 1 aromatic carbocycles. The summed E-state index contributed by atoms with van der Waals surface area (Å²) in [6, 6.07) is 5.61. The van der Waals surface area contributed by atoms with Crippen molar-refractivity contribution in [2.24, 2.45) is 0 Å². The fourth-order valence-electron chi connectivity index (χ4n) is 2.82. The molecule has 2 rings (SSSR count). The second-order valence-corrected chi connectivity index (χ2v) is 5.74. The number of ether oxygens (including phenoxy) is 2. The summed E-state index contributed by atoms with van der Waals surface area (Å²) in [5.41, 5.74) is 2.24. The molecule has 0 spiro atoms. The Hall–Kier alpha value is -1.47. The molecule has 1 aromatic rings. The van der Waals surface area contributed by atoms with Gasteiger partial charge in [0.25, 0.3) is 5.91 Å². The molecule has 1 N–H and O–H groups in total. The van der Waals surface area contributed by atoms with Gasteiger partial charge in [0.1, 0.15) is 0 Å². The molecule has 24 heavy (non-hydrogen) atoms. The van der Waals surface area contributed by atoms with Gasteiger partial charge in [-0.2, -0.15) is 0 Å². The van der Waals surface area contributed by atoms with Crippen molar-refractivity contribution in [3.63, 3.8) is 0 Å². The molecule has 0 unspecified atom stereocenters. The van der Waals surface area contributed by atoms with Crippen molar-refractivity contribution in [1.82, 2.24) is 10.0 Å². The molecule has 0 aromatic heterocycles. The molecule has 6 nitrogen and oxygen atoms in total. The van der Waals surface area contributed by atoms with Crippen molar-refractivity contribution in [2.45, 2.75) is 19.4 Å². The van der Waals surface area contributed by atoms with Crippen LogP contribution in [0.25, 0.3) is 0 Å². The molecule has 1 amide bonds. The Labute approximate surface area is 143 Å². The van der Waals surface area contributed by atoms with E-state index in [-0.39, 0.29) is 12.5 Å². The largest absolute Gasteiger partial charge is 0.392 e. The van der Waals surface area contributed by atoms with Crippen molar-refractivity contribution in [1.29, 1.82) is 0 Å². The Morgan fingerprint density at radius 3 is 2.79 bits per heavy atom. The minimum Gasteiger partial charge on any atom is -0.392 e. The highest BCUT2D eigenvalue weighted by Crippen LogP contribution is 2.18. The second kappa shape index (κ2) is 9.74. The van der Waals surface area contributed by atoms with E-state index in [1.54, 1.807) is 18.2 Å². The van der Waals surface area contributed by atoms with Crippen LogP contribution in [0.3, 0.4) is 0 Å². The van der Waals surface area contributed by atoms with E-state index >= 15 is 0 Å². The number of carbonyl (C=O) groups excluding carboxylic acids is 1. The maximum Gasteiger partial charge on any atom is 0.268 e. The van der Waals surface area contributed by atoms with Crippen LogP contribution in [0.2, 0.25) is 0 Å². The van der Waals surface area contributed by atoms with Gasteiger partial charge in [0.05, 0.1) is 26.4 Å². The number of hydrazine groups is 1. The van der Waals surface area contributed by atoms with Crippen LogP contribution in [0.15, 0.2) is 18.2 Å². The molecule has 6 heteroatoms. The quantitative estimate of drug-likeness (QED) is 0.775. The van der Waals surface area contributed by atoms with Gasteiger partial charge in [-0.1, -0.05) is 19.1 Å². The average molecular weight is 335 g/mol. The first-order valence-electron chi connectivity index (χ1n) is 8.36. The summed E-state index contributed by atoms with van der Waals surface area (Å²) in [5, 5.41) is 13.4. The summed E-state index contributed by atoms with van der Waals surface area (Å²) >= 11 is 0. The number of aliphatic hydroxyl groups is 1. The lowest BCUT2D eigenvalue weighted by molar-refractivity contribution is -0.0692. The maximum atomic E-state index is 13.0. The predicted molar refractivity (Wildman–Crippen MR) is 91.3 cm³/mol. The van der Waals surface area contributed by atoms with Crippen LogP contribution in [-0.4, -0.2) is 67.6 Å². The van der Waals surface area contributed by atoms with Gasteiger partial charge in [0.2, 0.25) is 0 Å². The average Bonchev–Trinajstić information content (AvgIpc) is 2.64. The van der Waals surface area contributed by atoms with Crippen molar-refractivity contribution < 1.29 is 19.4 Å². The summed E-state index contributed by atoms with van der Waals surface area (Å²) < 4.78 is 10.4. The van der Waals surface area contributed by atoms with Crippen LogP contribution in [0.1, 0.15) is 27.9 Å². The lowest BCUT2D eigenvalue weighted by Gasteiger charge is -2.37. The van der Waals surface area contributed by atoms with Gasteiger partial charge in [0.15, 0.2) is 0 Å². The van der Waals surface area contributed by atoms with Crippen molar-refractivity contribution in [2.75, 3.05) is 46.6 Å². The van der Waals surface area contributed by atoms with Crippen LogP contribution in [-0.2, 0) is 22.5 Å². The lowest BCUT2D eigenvalue weighted by Crippen LogP contribution is -2.52. The van der Waals surface area contributed by atoms with Gasteiger partial charge < -0.3 is 14.6 Å². The summed E-state index contributed by atoms with van der Waals surface area (Å²) in [6.07, 6.45) is 1.38. The second-order valence-electron chi connectivity index (χ2n) is 5.74.